The Kier molecular flexibility index (Phi) is 4.53. The summed E-state index contributed by atoms with van der Waals surface area (Å²) < 4.78 is 25.7. The van der Waals surface area contributed by atoms with Crippen molar-refractivity contribution in [2.75, 3.05) is 11.4 Å². The van der Waals surface area contributed by atoms with Crippen molar-refractivity contribution >= 4 is 32.9 Å². The number of aromatic hydroxyl groups is 1. The number of hydrogen-bond donors (Lipinski definition) is 2. The lowest BCUT2D eigenvalue weighted by atomic mass is 10.3. The second-order valence-electron chi connectivity index (χ2n) is 3.83. The normalized spacial score (nSPS) is 13.0. The second-order valence-corrected chi connectivity index (χ2v) is 6.45. The average Bonchev–Trinajstić information content (AvgIpc) is 2.29. The highest BCUT2D eigenvalue weighted by Crippen LogP contribution is 2.22. The first-order chi connectivity index (χ1) is 8.30. The van der Waals surface area contributed by atoms with E-state index < -0.39 is 15.3 Å². The lowest BCUT2D eigenvalue weighted by Gasteiger charge is -2.24. The Bertz CT molecular complexity index is 526. The number of nitrogens with two attached hydrogens (primary N) is 1. The van der Waals surface area contributed by atoms with Gasteiger partial charge in [0.1, 0.15) is 11.0 Å². The number of rotatable bonds is 5. The van der Waals surface area contributed by atoms with E-state index in [1.807, 2.05) is 0 Å². The summed E-state index contributed by atoms with van der Waals surface area (Å²) in [5.41, 5.74) is 5.91. The Labute approximate surface area is 112 Å². The lowest BCUT2D eigenvalue weighted by Crippen LogP contribution is -2.42. The summed E-state index contributed by atoms with van der Waals surface area (Å²) in [6, 6.07) is 5.87. The molecule has 0 saturated carbocycles. The second kappa shape index (κ2) is 5.53. The molecule has 100 valence electrons. The molecule has 0 aromatic heterocycles. The zero-order valence-electron chi connectivity index (χ0n) is 10.2. The van der Waals surface area contributed by atoms with Crippen LogP contribution in [0.25, 0.3) is 0 Å². The Morgan fingerprint density at radius 2 is 1.94 bits per heavy atom. The van der Waals surface area contributed by atoms with Crippen molar-refractivity contribution in [2.45, 2.75) is 18.6 Å². The van der Waals surface area contributed by atoms with Crippen molar-refractivity contribution in [3.05, 3.63) is 24.3 Å². The van der Waals surface area contributed by atoms with Crippen LogP contribution in [-0.4, -0.2) is 30.8 Å². The van der Waals surface area contributed by atoms with Crippen LogP contribution in [0, 0.1) is 0 Å². The Hall–Kier alpha value is -1.34. The minimum absolute atomic E-state index is 0.0388. The summed E-state index contributed by atoms with van der Waals surface area (Å²) >= 11 is 4.79. The molecular formula is C11H16N2O3S2. The van der Waals surface area contributed by atoms with Gasteiger partial charge in [-0.3, -0.25) is 4.31 Å². The molecule has 18 heavy (non-hydrogen) atoms. The van der Waals surface area contributed by atoms with Crippen molar-refractivity contribution in [3.63, 3.8) is 0 Å². The van der Waals surface area contributed by atoms with E-state index in [4.69, 9.17) is 18.0 Å². The van der Waals surface area contributed by atoms with E-state index in [2.05, 4.69) is 0 Å². The molecule has 5 nitrogen and oxygen atoms in total. The quantitative estimate of drug-likeness (QED) is 0.796. The molecule has 0 saturated heterocycles. The van der Waals surface area contributed by atoms with Gasteiger partial charge in [0, 0.05) is 7.05 Å². The summed E-state index contributed by atoms with van der Waals surface area (Å²) in [5, 5.41) is 8.29. The zero-order chi connectivity index (χ0) is 13.9. The van der Waals surface area contributed by atoms with Gasteiger partial charge in [0.05, 0.1) is 10.7 Å². The molecular weight excluding hydrogens is 272 g/mol. The van der Waals surface area contributed by atoms with Crippen molar-refractivity contribution in [1.29, 1.82) is 0 Å². The number of anilines is 1. The van der Waals surface area contributed by atoms with Crippen molar-refractivity contribution < 1.29 is 13.5 Å². The third kappa shape index (κ3) is 2.91. The van der Waals surface area contributed by atoms with Gasteiger partial charge in [-0.2, -0.15) is 0 Å². The zero-order valence-corrected chi connectivity index (χ0v) is 11.8. The van der Waals surface area contributed by atoms with Gasteiger partial charge >= 0.3 is 0 Å². The minimum Gasteiger partial charge on any atom is -0.508 e. The summed E-state index contributed by atoms with van der Waals surface area (Å²) in [5.74, 6) is 0.0749. The fourth-order valence-electron chi connectivity index (χ4n) is 1.56. The van der Waals surface area contributed by atoms with Crippen LogP contribution in [0.1, 0.15) is 13.3 Å². The van der Waals surface area contributed by atoms with E-state index in [-0.39, 0.29) is 10.7 Å². The fourth-order valence-corrected chi connectivity index (χ4v) is 3.60. The van der Waals surface area contributed by atoms with Crippen LogP contribution in [-0.2, 0) is 10.0 Å². The highest BCUT2D eigenvalue weighted by molar-refractivity contribution is 7.95. The Morgan fingerprint density at radius 1 is 1.44 bits per heavy atom. The van der Waals surface area contributed by atoms with Crippen LogP contribution in [0.5, 0.6) is 5.75 Å². The Morgan fingerprint density at radius 3 is 2.33 bits per heavy atom. The smallest absolute Gasteiger partial charge is 0.244 e. The molecule has 0 aliphatic heterocycles. The molecule has 1 rings (SSSR count). The predicted octanol–water partition coefficient (Wildman–Crippen LogP) is 1.22. The Balaban J connectivity index is 3.12. The number of phenolic OH excluding ortho intramolecular Hbond substituents is 1. The van der Waals surface area contributed by atoms with Crippen molar-refractivity contribution in [1.82, 2.24) is 0 Å². The van der Waals surface area contributed by atoms with Gasteiger partial charge in [-0.05, 0) is 30.7 Å². The number of benzene rings is 1. The van der Waals surface area contributed by atoms with Gasteiger partial charge < -0.3 is 10.8 Å². The first-order valence-electron chi connectivity index (χ1n) is 5.36. The van der Waals surface area contributed by atoms with Crippen LogP contribution in [0.15, 0.2) is 24.3 Å². The number of thiocarbonyl (C=S) groups is 1. The van der Waals surface area contributed by atoms with Crippen molar-refractivity contribution in [3.8, 4) is 5.75 Å². The van der Waals surface area contributed by atoms with Crippen LogP contribution in [0.3, 0.4) is 0 Å². The first-order valence-corrected chi connectivity index (χ1v) is 7.28. The van der Waals surface area contributed by atoms with E-state index in [0.29, 0.717) is 12.1 Å². The maximum absolute atomic E-state index is 12.3. The monoisotopic (exact) mass is 288 g/mol. The standard InChI is InChI=1S/C11H16N2O3S2/c1-3-10(11(12)17)18(15,16)13(2)8-4-6-9(14)7-5-8/h4-7,10,14H,3H2,1-2H3,(H2,12,17). The third-order valence-electron chi connectivity index (χ3n) is 2.64. The maximum Gasteiger partial charge on any atom is 0.244 e. The molecule has 1 atom stereocenters. The topological polar surface area (TPSA) is 83.6 Å². The van der Waals surface area contributed by atoms with Crippen LogP contribution < -0.4 is 10.0 Å². The molecule has 0 radical (unpaired) electrons. The van der Waals surface area contributed by atoms with Crippen LogP contribution >= 0.6 is 12.2 Å². The molecule has 0 amide bonds. The highest BCUT2D eigenvalue weighted by atomic mass is 32.2. The van der Waals surface area contributed by atoms with Gasteiger partial charge in [-0.1, -0.05) is 19.1 Å². The number of phenols is 1. The molecule has 0 aliphatic carbocycles. The summed E-state index contributed by atoms with van der Waals surface area (Å²) in [4.78, 5) is -0.0388. The summed E-state index contributed by atoms with van der Waals surface area (Å²) in [7, 11) is -2.20. The first kappa shape index (κ1) is 14.7. The SMILES string of the molecule is CCC(C(N)=S)S(=O)(=O)N(C)c1ccc(O)cc1. The van der Waals surface area contributed by atoms with Crippen molar-refractivity contribution in [2.24, 2.45) is 5.73 Å². The number of sulfonamides is 1. The van der Waals surface area contributed by atoms with Gasteiger partial charge in [-0.15, -0.1) is 0 Å². The molecule has 7 heteroatoms. The molecule has 0 spiro atoms. The molecule has 0 fully saturated rings. The van der Waals surface area contributed by atoms with E-state index >= 15 is 0 Å². The molecule has 0 bridgehead atoms. The van der Waals surface area contributed by atoms with E-state index in [1.165, 1.54) is 31.3 Å². The summed E-state index contributed by atoms with van der Waals surface area (Å²) in [6.45, 7) is 1.71. The van der Waals surface area contributed by atoms with Crippen LogP contribution in [0.4, 0.5) is 5.69 Å². The fraction of sp³-hybridized carbons (Fsp3) is 0.364. The van der Waals surface area contributed by atoms with Gasteiger partial charge in [0.25, 0.3) is 0 Å². The highest BCUT2D eigenvalue weighted by Gasteiger charge is 2.30. The molecule has 0 heterocycles. The third-order valence-corrected chi connectivity index (χ3v) is 5.36. The number of hydrogen-bond acceptors (Lipinski definition) is 4. The van der Waals surface area contributed by atoms with E-state index in [9.17, 15) is 13.5 Å². The van der Waals surface area contributed by atoms with E-state index in [0.717, 1.165) is 4.31 Å². The largest absolute Gasteiger partial charge is 0.508 e. The van der Waals surface area contributed by atoms with Gasteiger partial charge in [0.2, 0.25) is 10.0 Å². The van der Waals surface area contributed by atoms with Crippen LogP contribution in [0.2, 0.25) is 0 Å². The molecule has 1 aromatic carbocycles. The maximum atomic E-state index is 12.3. The van der Waals surface area contributed by atoms with E-state index in [1.54, 1.807) is 6.92 Å². The number of nitrogens with zero attached hydrogens (tertiary/aromatic N) is 1. The van der Waals surface area contributed by atoms with Gasteiger partial charge in [-0.25, -0.2) is 8.42 Å². The summed E-state index contributed by atoms with van der Waals surface area (Å²) in [6.07, 6.45) is 0.320. The minimum atomic E-state index is -3.63. The molecule has 3 N–H and O–H groups in total. The van der Waals surface area contributed by atoms with Gasteiger partial charge in [0.15, 0.2) is 0 Å². The predicted molar refractivity (Wildman–Crippen MR) is 76.3 cm³/mol. The average molecular weight is 288 g/mol. The molecule has 0 aliphatic rings. The lowest BCUT2D eigenvalue weighted by molar-refractivity contribution is 0.475. The molecule has 1 aromatic rings. The molecule has 1 unspecified atom stereocenters.